The number of aromatic nitrogens is 1. The van der Waals surface area contributed by atoms with Crippen molar-refractivity contribution in [1.29, 1.82) is 0 Å². The lowest BCUT2D eigenvalue weighted by molar-refractivity contribution is -0.118. The summed E-state index contributed by atoms with van der Waals surface area (Å²) < 4.78 is 0. The maximum absolute atomic E-state index is 10.6. The first-order valence-electron chi connectivity index (χ1n) is 3.66. The number of hydrogen-bond acceptors (Lipinski definition) is 3. The molecule has 0 bridgehead atoms. The van der Waals surface area contributed by atoms with Crippen LogP contribution in [-0.4, -0.2) is 16.9 Å². The molecule has 1 rings (SSSR count). The summed E-state index contributed by atoms with van der Waals surface area (Å²) in [5.41, 5.74) is 5.86. The molecule has 0 radical (unpaired) electrons. The second-order valence-corrected chi connectivity index (χ2v) is 2.51. The zero-order valence-electron chi connectivity index (χ0n) is 7.23. The number of amides is 1. The maximum Gasteiger partial charge on any atom is 0.239 e. The van der Waals surface area contributed by atoms with Gasteiger partial charge in [-0.25, -0.2) is 0 Å². The molecule has 0 aliphatic carbocycles. The molecule has 0 spiro atoms. The monoisotopic (exact) mass is 201 g/mol. The smallest absolute Gasteiger partial charge is 0.239 e. The number of anilines is 1. The van der Waals surface area contributed by atoms with Gasteiger partial charge in [0.1, 0.15) is 6.04 Å². The van der Waals surface area contributed by atoms with Crippen LogP contribution in [-0.2, 0) is 4.79 Å². The SMILES string of the molecule is C[C@H](Nc1cccnc1)C(N)=O.Cl. The van der Waals surface area contributed by atoms with Gasteiger partial charge in [0.25, 0.3) is 0 Å². The summed E-state index contributed by atoms with van der Waals surface area (Å²) in [7, 11) is 0. The maximum atomic E-state index is 10.6. The second-order valence-electron chi connectivity index (χ2n) is 2.51. The number of nitrogens with zero attached hydrogens (tertiary/aromatic N) is 1. The van der Waals surface area contributed by atoms with E-state index in [4.69, 9.17) is 5.73 Å². The van der Waals surface area contributed by atoms with Crippen LogP contribution in [0.1, 0.15) is 6.92 Å². The summed E-state index contributed by atoms with van der Waals surface area (Å²) in [5, 5.41) is 2.90. The molecule has 72 valence electrons. The molecule has 1 amide bonds. The highest BCUT2D eigenvalue weighted by Gasteiger charge is 2.06. The minimum absolute atomic E-state index is 0. The summed E-state index contributed by atoms with van der Waals surface area (Å²) in [5.74, 6) is -0.376. The van der Waals surface area contributed by atoms with Gasteiger partial charge < -0.3 is 11.1 Å². The van der Waals surface area contributed by atoms with Crippen molar-refractivity contribution in [3.63, 3.8) is 0 Å². The van der Waals surface area contributed by atoms with E-state index in [1.54, 1.807) is 25.4 Å². The fraction of sp³-hybridized carbons (Fsp3) is 0.250. The van der Waals surface area contributed by atoms with E-state index in [-0.39, 0.29) is 24.4 Å². The minimum atomic E-state index is -0.376. The Hall–Kier alpha value is -1.29. The first-order valence-corrected chi connectivity index (χ1v) is 3.66. The lowest BCUT2D eigenvalue weighted by Crippen LogP contribution is -2.32. The van der Waals surface area contributed by atoms with E-state index in [1.807, 2.05) is 6.07 Å². The van der Waals surface area contributed by atoms with Crippen LogP contribution < -0.4 is 11.1 Å². The molecule has 0 aliphatic rings. The fourth-order valence-electron chi connectivity index (χ4n) is 0.769. The summed E-state index contributed by atoms with van der Waals surface area (Å²) in [6.07, 6.45) is 3.31. The second kappa shape index (κ2) is 5.37. The van der Waals surface area contributed by atoms with E-state index in [2.05, 4.69) is 10.3 Å². The lowest BCUT2D eigenvalue weighted by atomic mass is 10.3. The highest BCUT2D eigenvalue weighted by molar-refractivity contribution is 5.85. The van der Waals surface area contributed by atoms with Crippen molar-refractivity contribution in [3.8, 4) is 0 Å². The predicted molar refractivity (Wildman–Crippen MR) is 53.8 cm³/mol. The van der Waals surface area contributed by atoms with Crippen molar-refractivity contribution >= 4 is 24.0 Å². The van der Waals surface area contributed by atoms with Crippen LogP contribution in [0.2, 0.25) is 0 Å². The van der Waals surface area contributed by atoms with Crippen LogP contribution in [0.4, 0.5) is 5.69 Å². The van der Waals surface area contributed by atoms with Gasteiger partial charge in [-0.2, -0.15) is 0 Å². The topological polar surface area (TPSA) is 68.0 Å². The average molecular weight is 202 g/mol. The zero-order valence-corrected chi connectivity index (χ0v) is 8.04. The molecule has 0 aromatic carbocycles. The van der Waals surface area contributed by atoms with E-state index >= 15 is 0 Å². The normalized spacial score (nSPS) is 11.2. The molecule has 1 atom stereocenters. The molecular formula is C8H12ClN3O. The number of nitrogens with two attached hydrogens (primary N) is 1. The molecule has 13 heavy (non-hydrogen) atoms. The van der Waals surface area contributed by atoms with Crippen molar-refractivity contribution in [2.75, 3.05) is 5.32 Å². The Kier molecular flexibility index (Phi) is 4.84. The molecule has 4 nitrogen and oxygen atoms in total. The number of carbonyl (C=O) groups excluding carboxylic acids is 1. The third-order valence-corrected chi connectivity index (χ3v) is 1.47. The van der Waals surface area contributed by atoms with Gasteiger partial charge in [0, 0.05) is 12.4 Å². The van der Waals surface area contributed by atoms with E-state index in [0.717, 1.165) is 5.69 Å². The quantitative estimate of drug-likeness (QED) is 0.760. The minimum Gasteiger partial charge on any atom is -0.373 e. The Bertz CT molecular complexity index is 265. The molecule has 1 aromatic rings. The molecule has 0 fully saturated rings. The third-order valence-electron chi connectivity index (χ3n) is 1.47. The highest BCUT2D eigenvalue weighted by atomic mass is 35.5. The van der Waals surface area contributed by atoms with E-state index in [9.17, 15) is 4.79 Å². The molecule has 5 heteroatoms. The first-order chi connectivity index (χ1) is 5.70. The predicted octanol–water partition coefficient (Wildman–Crippen LogP) is 0.789. The van der Waals surface area contributed by atoms with Crippen LogP contribution in [0.15, 0.2) is 24.5 Å². The van der Waals surface area contributed by atoms with Crippen molar-refractivity contribution in [1.82, 2.24) is 4.98 Å². The van der Waals surface area contributed by atoms with Crippen LogP contribution in [0, 0.1) is 0 Å². The number of pyridine rings is 1. The van der Waals surface area contributed by atoms with Crippen LogP contribution in [0.25, 0.3) is 0 Å². The molecule has 0 aliphatic heterocycles. The van der Waals surface area contributed by atoms with Gasteiger partial charge in [-0.05, 0) is 19.1 Å². The van der Waals surface area contributed by atoms with Crippen LogP contribution >= 0.6 is 12.4 Å². The fourth-order valence-corrected chi connectivity index (χ4v) is 0.769. The van der Waals surface area contributed by atoms with Gasteiger partial charge in [0.05, 0.1) is 5.69 Å². The lowest BCUT2D eigenvalue weighted by Gasteiger charge is -2.10. The summed E-state index contributed by atoms with van der Waals surface area (Å²) in [4.78, 5) is 14.5. The van der Waals surface area contributed by atoms with Gasteiger partial charge in [0.15, 0.2) is 0 Å². The van der Waals surface area contributed by atoms with Crippen molar-refractivity contribution in [2.24, 2.45) is 5.73 Å². The molecule has 1 heterocycles. The molecule has 0 unspecified atom stereocenters. The van der Waals surface area contributed by atoms with Crippen molar-refractivity contribution < 1.29 is 4.79 Å². The Morgan fingerprint density at radius 3 is 2.85 bits per heavy atom. The van der Waals surface area contributed by atoms with Crippen molar-refractivity contribution in [3.05, 3.63) is 24.5 Å². The Morgan fingerprint density at radius 2 is 2.38 bits per heavy atom. The van der Waals surface area contributed by atoms with Gasteiger partial charge >= 0.3 is 0 Å². The van der Waals surface area contributed by atoms with E-state index in [1.165, 1.54) is 0 Å². The number of carbonyl (C=O) groups is 1. The largest absolute Gasteiger partial charge is 0.373 e. The standard InChI is InChI=1S/C8H11N3O.ClH/c1-6(8(9)12)11-7-3-2-4-10-5-7;/h2-6,11H,1H3,(H2,9,12);1H/t6-;/m0./s1. The van der Waals surface area contributed by atoms with Gasteiger partial charge in [0.2, 0.25) is 5.91 Å². The van der Waals surface area contributed by atoms with Crippen molar-refractivity contribution in [2.45, 2.75) is 13.0 Å². The van der Waals surface area contributed by atoms with Crippen LogP contribution in [0.3, 0.4) is 0 Å². The number of rotatable bonds is 3. The Balaban J connectivity index is 0.00000144. The molecule has 3 N–H and O–H groups in total. The number of halogens is 1. The number of nitrogens with one attached hydrogen (secondary N) is 1. The van der Waals surface area contributed by atoms with E-state index in [0.29, 0.717) is 0 Å². The third kappa shape index (κ3) is 3.75. The molecule has 0 saturated heterocycles. The number of primary amides is 1. The van der Waals surface area contributed by atoms with Gasteiger partial charge in [-0.3, -0.25) is 9.78 Å². The molecule has 0 saturated carbocycles. The van der Waals surface area contributed by atoms with Crippen LogP contribution in [0.5, 0.6) is 0 Å². The molecule has 1 aromatic heterocycles. The summed E-state index contributed by atoms with van der Waals surface area (Å²) in [6, 6.07) is 3.25. The zero-order chi connectivity index (χ0) is 8.97. The Morgan fingerprint density at radius 1 is 1.69 bits per heavy atom. The summed E-state index contributed by atoms with van der Waals surface area (Å²) in [6.45, 7) is 1.70. The first kappa shape index (κ1) is 11.7. The molecular weight excluding hydrogens is 190 g/mol. The van der Waals surface area contributed by atoms with Gasteiger partial charge in [-0.1, -0.05) is 0 Å². The van der Waals surface area contributed by atoms with E-state index < -0.39 is 0 Å². The average Bonchev–Trinajstić information content (AvgIpc) is 2.06. The Labute approximate surface area is 83.0 Å². The highest BCUT2D eigenvalue weighted by Crippen LogP contribution is 2.03. The summed E-state index contributed by atoms with van der Waals surface area (Å²) >= 11 is 0. The number of hydrogen-bond donors (Lipinski definition) is 2. The van der Waals surface area contributed by atoms with Gasteiger partial charge in [-0.15, -0.1) is 12.4 Å².